The van der Waals surface area contributed by atoms with E-state index in [-0.39, 0.29) is 11.9 Å². The highest BCUT2D eigenvalue weighted by Crippen LogP contribution is 2.22. The van der Waals surface area contributed by atoms with Gasteiger partial charge in [-0.25, -0.2) is 9.67 Å². The number of benzene rings is 1. The van der Waals surface area contributed by atoms with E-state index in [1.165, 1.54) is 11.0 Å². The smallest absolute Gasteiger partial charge is 0.252 e. The second-order valence-corrected chi connectivity index (χ2v) is 4.05. The van der Waals surface area contributed by atoms with E-state index in [1.807, 2.05) is 19.9 Å². The molecule has 92 valence electrons. The minimum atomic E-state index is 0.0602. The first kappa shape index (κ1) is 11.9. The molecule has 0 aliphatic carbocycles. The van der Waals surface area contributed by atoms with E-state index in [1.54, 1.807) is 18.2 Å². The van der Waals surface area contributed by atoms with Crippen LogP contribution in [0.5, 0.6) is 5.75 Å². The highest BCUT2D eigenvalue weighted by Gasteiger charge is 2.06. The SMILES string of the molecule is CC(C)Oc1cc(N)cc(-n2cnc(C#N)n2)c1. The van der Waals surface area contributed by atoms with Crippen LogP contribution in [0.25, 0.3) is 5.69 Å². The molecule has 6 heteroatoms. The van der Waals surface area contributed by atoms with Crippen LogP contribution >= 0.6 is 0 Å². The first-order chi connectivity index (χ1) is 8.58. The summed E-state index contributed by atoms with van der Waals surface area (Å²) in [5, 5.41) is 12.7. The Morgan fingerprint density at radius 1 is 1.39 bits per heavy atom. The number of aromatic nitrogens is 3. The summed E-state index contributed by atoms with van der Waals surface area (Å²) in [4.78, 5) is 3.84. The lowest BCUT2D eigenvalue weighted by molar-refractivity contribution is 0.242. The fraction of sp³-hybridized carbons (Fsp3) is 0.250. The second-order valence-electron chi connectivity index (χ2n) is 4.05. The van der Waals surface area contributed by atoms with Crippen molar-refractivity contribution < 1.29 is 4.74 Å². The van der Waals surface area contributed by atoms with Gasteiger partial charge < -0.3 is 10.5 Å². The average molecular weight is 243 g/mol. The largest absolute Gasteiger partial charge is 0.491 e. The summed E-state index contributed by atoms with van der Waals surface area (Å²) in [5.41, 5.74) is 7.08. The van der Waals surface area contributed by atoms with E-state index in [0.29, 0.717) is 17.1 Å². The van der Waals surface area contributed by atoms with Gasteiger partial charge >= 0.3 is 0 Å². The maximum absolute atomic E-state index is 8.69. The van der Waals surface area contributed by atoms with Gasteiger partial charge in [0.05, 0.1) is 11.8 Å². The molecule has 0 saturated heterocycles. The molecular formula is C12H13N5O. The van der Waals surface area contributed by atoms with Gasteiger partial charge in [-0.3, -0.25) is 0 Å². The van der Waals surface area contributed by atoms with E-state index >= 15 is 0 Å². The van der Waals surface area contributed by atoms with Crippen molar-refractivity contribution in [3.63, 3.8) is 0 Å². The number of rotatable bonds is 3. The number of nitrogen functional groups attached to an aromatic ring is 1. The lowest BCUT2D eigenvalue weighted by atomic mass is 10.2. The maximum atomic E-state index is 8.69. The molecule has 2 rings (SSSR count). The topological polar surface area (TPSA) is 89.8 Å². The van der Waals surface area contributed by atoms with Crippen LogP contribution < -0.4 is 10.5 Å². The Bertz CT molecular complexity index is 597. The molecule has 1 aromatic heterocycles. The van der Waals surface area contributed by atoms with Crippen molar-refractivity contribution in [1.82, 2.24) is 14.8 Å². The molecule has 0 amide bonds. The van der Waals surface area contributed by atoms with Gasteiger partial charge in [0.1, 0.15) is 18.1 Å². The first-order valence-electron chi connectivity index (χ1n) is 5.48. The Balaban J connectivity index is 2.38. The van der Waals surface area contributed by atoms with Crippen LogP contribution in [-0.2, 0) is 0 Å². The van der Waals surface area contributed by atoms with Gasteiger partial charge in [0.15, 0.2) is 0 Å². The van der Waals surface area contributed by atoms with Crippen molar-refractivity contribution in [2.75, 3.05) is 5.73 Å². The molecule has 1 heterocycles. The molecule has 0 fully saturated rings. The van der Waals surface area contributed by atoms with E-state index in [4.69, 9.17) is 15.7 Å². The minimum Gasteiger partial charge on any atom is -0.491 e. The molecule has 0 unspecified atom stereocenters. The fourth-order valence-electron chi connectivity index (χ4n) is 1.52. The van der Waals surface area contributed by atoms with Gasteiger partial charge in [0, 0.05) is 17.8 Å². The van der Waals surface area contributed by atoms with Crippen LogP contribution in [0, 0.1) is 11.3 Å². The number of nitriles is 1. The number of nitrogens with zero attached hydrogens (tertiary/aromatic N) is 4. The molecule has 0 aliphatic heterocycles. The van der Waals surface area contributed by atoms with Crippen molar-refractivity contribution in [2.45, 2.75) is 20.0 Å². The lowest BCUT2D eigenvalue weighted by Gasteiger charge is -2.11. The Morgan fingerprint density at radius 2 is 2.17 bits per heavy atom. The zero-order chi connectivity index (χ0) is 13.1. The summed E-state index contributed by atoms with van der Waals surface area (Å²) < 4.78 is 7.07. The Morgan fingerprint density at radius 3 is 2.78 bits per heavy atom. The quantitative estimate of drug-likeness (QED) is 0.825. The molecular weight excluding hydrogens is 230 g/mol. The number of anilines is 1. The van der Waals surface area contributed by atoms with E-state index in [2.05, 4.69) is 10.1 Å². The van der Waals surface area contributed by atoms with Crippen molar-refractivity contribution in [3.05, 3.63) is 30.4 Å². The van der Waals surface area contributed by atoms with Gasteiger partial charge in [0.25, 0.3) is 5.82 Å². The third-order valence-electron chi connectivity index (χ3n) is 2.14. The van der Waals surface area contributed by atoms with Crippen LogP contribution in [0.2, 0.25) is 0 Å². The zero-order valence-corrected chi connectivity index (χ0v) is 10.2. The number of ether oxygens (including phenoxy) is 1. The van der Waals surface area contributed by atoms with E-state index in [0.717, 1.165) is 0 Å². The Kier molecular flexibility index (Phi) is 3.15. The predicted octanol–water partition coefficient (Wildman–Crippen LogP) is 1.51. The normalized spacial score (nSPS) is 10.3. The summed E-state index contributed by atoms with van der Waals surface area (Å²) in [7, 11) is 0. The molecule has 0 atom stereocenters. The van der Waals surface area contributed by atoms with Crippen molar-refractivity contribution in [3.8, 4) is 17.5 Å². The molecule has 0 saturated carbocycles. The Hall–Kier alpha value is -2.55. The van der Waals surface area contributed by atoms with Crippen LogP contribution in [-0.4, -0.2) is 20.9 Å². The number of hydrogen-bond donors (Lipinski definition) is 1. The Labute approximate surface area is 105 Å². The standard InChI is InChI=1S/C12H13N5O/c1-8(2)18-11-4-9(14)3-10(5-11)17-7-15-12(6-13)16-17/h3-5,7-8H,14H2,1-2H3. The summed E-state index contributed by atoms with van der Waals surface area (Å²) >= 11 is 0. The van der Waals surface area contributed by atoms with Crippen LogP contribution in [0.3, 0.4) is 0 Å². The lowest BCUT2D eigenvalue weighted by Crippen LogP contribution is -2.07. The zero-order valence-electron chi connectivity index (χ0n) is 10.2. The van der Waals surface area contributed by atoms with Gasteiger partial charge in [-0.15, -0.1) is 5.10 Å². The fourth-order valence-corrected chi connectivity index (χ4v) is 1.52. The highest BCUT2D eigenvalue weighted by molar-refractivity contribution is 5.53. The van der Waals surface area contributed by atoms with E-state index in [9.17, 15) is 0 Å². The number of hydrogen-bond acceptors (Lipinski definition) is 5. The minimum absolute atomic E-state index is 0.0602. The molecule has 0 radical (unpaired) electrons. The van der Waals surface area contributed by atoms with Crippen LogP contribution in [0.15, 0.2) is 24.5 Å². The van der Waals surface area contributed by atoms with Crippen molar-refractivity contribution in [2.24, 2.45) is 0 Å². The number of nitrogens with two attached hydrogens (primary N) is 1. The monoisotopic (exact) mass is 243 g/mol. The second kappa shape index (κ2) is 4.75. The molecule has 0 aliphatic rings. The van der Waals surface area contributed by atoms with Crippen molar-refractivity contribution in [1.29, 1.82) is 5.26 Å². The first-order valence-corrected chi connectivity index (χ1v) is 5.48. The maximum Gasteiger partial charge on any atom is 0.252 e. The molecule has 1 aromatic carbocycles. The third-order valence-corrected chi connectivity index (χ3v) is 2.14. The molecule has 0 bridgehead atoms. The highest BCUT2D eigenvalue weighted by atomic mass is 16.5. The third kappa shape index (κ3) is 2.58. The summed E-state index contributed by atoms with van der Waals surface area (Å²) in [6, 6.07) is 7.15. The summed E-state index contributed by atoms with van der Waals surface area (Å²) in [6.07, 6.45) is 1.53. The van der Waals surface area contributed by atoms with Gasteiger partial charge in [-0.2, -0.15) is 5.26 Å². The van der Waals surface area contributed by atoms with Crippen LogP contribution in [0.4, 0.5) is 5.69 Å². The van der Waals surface area contributed by atoms with Gasteiger partial charge in [0.2, 0.25) is 0 Å². The molecule has 2 aromatic rings. The molecule has 6 nitrogen and oxygen atoms in total. The van der Waals surface area contributed by atoms with Gasteiger partial charge in [-0.05, 0) is 19.9 Å². The average Bonchev–Trinajstić information content (AvgIpc) is 2.75. The summed E-state index contributed by atoms with van der Waals surface area (Å²) in [6.45, 7) is 3.87. The van der Waals surface area contributed by atoms with E-state index < -0.39 is 0 Å². The van der Waals surface area contributed by atoms with Crippen LogP contribution in [0.1, 0.15) is 19.7 Å². The summed E-state index contributed by atoms with van der Waals surface area (Å²) in [5.74, 6) is 0.776. The molecule has 2 N–H and O–H groups in total. The van der Waals surface area contributed by atoms with Crippen molar-refractivity contribution >= 4 is 5.69 Å². The molecule has 0 spiro atoms. The van der Waals surface area contributed by atoms with Gasteiger partial charge in [-0.1, -0.05) is 0 Å². The predicted molar refractivity (Wildman–Crippen MR) is 66.3 cm³/mol. The molecule has 18 heavy (non-hydrogen) atoms.